The van der Waals surface area contributed by atoms with Gasteiger partial charge in [-0.1, -0.05) is 95.3 Å². The molecule has 9 heteroatoms. The zero-order chi connectivity index (χ0) is 31.0. The largest absolute Gasteiger partial charge is 0.493 e. The van der Waals surface area contributed by atoms with Gasteiger partial charge in [0.25, 0.3) is 0 Å². The van der Waals surface area contributed by atoms with Gasteiger partial charge in [-0.25, -0.2) is 4.79 Å². The summed E-state index contributed by atoms with van der Waals surface area (Å²) in [6.07, 6.45) is 1.31. The van der Waals surface area contributed by atoms with Gasteiger partial charge in [0.1, 0.15) is 18.3 Å². The van der Waals surface area contributed by atoms with Crippen LogP contribution in [0.2, 0.25) is 18.1 Å². The lowest BCUT2D eigenvalue weighted by molar-refractivity contribution is -0.139. The average Bonchev–Trinajstić information content (AvgIpc) is 2.97. The molecule has 3 atom stereocenters. The van der Waals surface area contributed by atoms with Gasteiger partial charge >= 0.3 is 5.97 Å². The fraction of sp³-hybridized carbons (Fsp3) is 0.545. The van der Waals surface area contributed by atoms with Crippen LogP contribution in [0.3, 0.4) is 0 Å². The number of benzene rings is 2. The summed E-state index contributed by atoms with van der Waals surface area (Å²) >= 11 is 3.70. The van der Waals surface area contributed by atoms with E-state index in [0.29, 0.717) is 19.8 Å². The van der Waals surface area contributed by atoms with E-state index in [1.165, 1.54) is 19.4 Å². The number of ether oxygens (including phenoxy) is 4. The third-order valence-corrected chi connectivity index (χ3v) is 14.4. The van der Waals surface area contributed by atoms with Crippen LogP contribution in [0, 0.1) is 0 Å². The molecule has 0 unspecified atom stereocenters. The number of hydrogen-bond donors (Lipinski definition) is 0. The van der Waals surface area contributed by atoms with Crippen molar-refractivity contribution in [3.05, 3.63) is 84.1 Å². The Bertz CT molecular complexity index is 1040. The highest BCUT2D eigenvalue weighted by Crippen LogP contribution is 2.38. The summed E-state index contributed by atoms with van der Waals surface area (Å²) < 4.78 is 31.4. The van der Waals surface area contributed by atoms with Gasteiger partial charge in [0, 0.05) is 0 Å². The van der Waals surface area contributed by atoms with Crippen LogP contribution < -0.4 is 0 Å². The highest BCUT2D eigenvalue weighted by molar-refractivity contribution is 8.17. The Morgan fingerprint density at radius 2 is 1.36 bits per heavy atom. The molecule has 0 heterocycles. The smallest absolute Gasteiger partial charge is 0.333 e. The predicted molar refractivity (Wildman–Crippen MR) is 179 cm³/mol. The number of thioether (sulfide) groups is 2. The molecule has 2 aromatic carbocycles. The zero-order valence-electron chi connectivity index (χ0n) is 26.5. The maximum absolute atomic E-state index is 11.9. The molecule has 0 saturated carbocycles. The van der Waals surface area contributed by atoms with Crippen LogP contribution in [0.5, 0.6) is 0 Å². The molecule has 0 aromatic heterocycles. The van der Waals surface area contributed by atoms with E-state index in [0.717, 1.165) is 22.6 Å². The van der Waals surface area contributed by atoms with Gasteiger partial charge in [-0.2, -0.15) is 0 Å². The number of hydrogen-bond acceptors (Lipinski definition) is 8. The van der Waals surface area contributed by atoms with Crippen molar-refractivity contribution in [1.29, 1.82) is 0 Å². The van der Waals surface area contributed by atoms with Gasteiger partial charge in [-0.3, -0.25) is 0 Å². The summed E-state index contributed by atoms with van der Waals surface area (Å²) in [4.78, 5) is 11.9. The van der Waals surface area contributed by atoms with Crippen LogP contribution in [0.25, 0.3) is 0 Å². The van der Waals surface area contributed by atoms with Crippen molar-refractivity contribution < 1.29 is 28.2 Å². The topological polar surface area (TPSA) is 63.2 Å². The molecule has 0 fully saturated rings. The van der Waals surface area contributed by atoms with E-state index in [4.69, 9.17) is 23.4 Å². The van der Waals surface area contributed by atoms with Gasteiger partial charge in [0.05, 0.1) is 43.9 Å². The summed E-state index contributed by atoms with van der Waals surface area (Å²) in [7, 11) is -0.789. The second kappa shape index (κ2) is 18.8. The quantitative estimate of drug-likeness (QED) is 0.0505. The molecule has 6 nitrogen and oxygen atoms in total. The van der Waals surface area contributed by atoms with E-state index in [2.05, 4.69) is 72.0 Å². The first-order chi connectivity index (χ1) is 20.0. The summed E-state index contributed by atoms with van der Waals surface area (Å²) in [6, 6.07) is 20.3. The van der Waals surface area contributed by atoms with Gasteiger partial charge in [-0.05, 0) is 40.8 Å². The third-order valence-electron chi connectivity index (χ3n) is 7.26. The molecule has 0 amide bonds. The molecule has 234 valence electrons. The summed E-state index contributed by atoms with van der Waals surface area (Å²) in [5, 5.41) is 0.0155. The van der Waals surface area contributed by atoms with Crippen LogP contribution in [0.15, 0.2) is 73.0 Å². The normalized spacial score (nSPS) is 14.6. The molecule has 2 aromatic rings. The molecule has 0 aliphatic rings. The Hall–Kier alpha value is -1.75. The standard InChI is InChI=1S/C33H50O6S2Si/c1-9-40-32(41-10-2)31(38-24-27-19-15-12-16-20-27)30(37-23-26-17-13-11-14-18-26)28(36-22-21-29(34)35-6)25-39-42(7,8)33(3,4)5/h11-22,28,30-32H,9-10,23-25H2,1-8H3/b22-21+/t28-,30-,31+/m0/s1. The minimum Gasteiger partial charge on any atom is -0.493 e. The number of methoxy groups -OCH3 is 1. The van der Waals surface area contributed by atoms with Crippen molar-refractivity contribution in [2.75, 3.05) is 25.2 Å². The molecule has 42 heavy (non-hydrogen) atoms. The van der Waals surface area contributed by atoms with Crippen LogP contribution in [-0.2, 0) is 41.4 Å². The molecule has 0 aliphatic carbocycles. The lowest BCUT2D eigenvalue weighted by atomic mass is 10.1. The summed E-state index contributed by atoms with van der Waals surface area (Å²) in [5.41, 5.74) is 2.15. The molecule has 0 aliphatic heterocycles. The van der Waals surface area contributed by atoms with Crippen molar-refractivity contribution in [2.45, 2.75) is 88.9 Å². The SMILES string of the molecule is CCSC(SCC)[C@H](OCc1ccccc1)[C@@H](OCc1ccccc1)[C@H](CO[Si](C)(C)C(C)(C)C)O/C=C/C(=O)OC. The van der Waals surface area contributed by atoms with Gasteiger partial charge in [-0.15, -0.1) is 23.5 Å². The predicted octanol–water partition coefficient (Wildman–Crippen LogP) is 8.08. The number of carbonyl (C=O) groups excluding carboxylic acids is 1. The second-order valence-electron chi connectivity index (χ2n) is 11.4. The number of rotatable bonds is 19. The lowest BCUT2D eigenvalue weighted by Gasteiger charge is -2.40. The van der Waals surface area contributed by atoms with E-state index in [1.807, 2.05) is 59.9 Å². The van der Waals surface area contributed by atoms with Crippen molar-refractivity contribution in [2.24, 2.45) is 0 Å². The van der Waals surface area contributed by atoms with E-state index in [9.17, 15) is 4.79 Å². The number of carbonyl (C=O) groups is 1. The molecule has 2 rings (SSSR count). The Morgan fingerprint density at radius 1 is 0.857 bits per heavy atom. The van der Waals surface area contributed by atoms with Crippen LogP contribution in [0.1, 0.15) is 45.7 Å². The summed E-state index contributed by atoms with van der Waals surface area (Å²) in [5.74, 6) is 1.38. The second-order valence-corrected chi connectivity index (χ2v) is 19.3. The zero-order valence-corrected chi connectivity index (χ0v) is 29.2. The molecule has 0 saturated heterocycles. The van der Waals surface area contributed by atoms with Crippen molar-refractivity contribution in [3.8, 4) is 0 Å². The molecular formula is C33H50O6S2Si. The Balaban J connectivity index is 2.53. The highest BCUT2D eigenvalue weighted by Gasteiger charge is 2.42. The molecule has 0 spiro atoms. The maximum atomic E-state index is 11.9. The first-order valence-electron chi connectivity index (χ1n) is 14.6. The molecule has 0 radical (unpaired) electrons. The minimum absolute atomic E-state index is 0.0155. The maximum Gasteiger partial charge on any atom is 0.333 e. The fourth-order valence-corrected chi connectivity index (χ4v) is 7.54. The third kappa shape index (κ3) is 12.5. The Kier molecular flexibility index (Phi) is 16.3. The molecular weight excluding hydrogens is 585 g/mol. The van der Waals surface area contributed by atoms with E-state index in [1.54, 1.807) is 0 Å². The first-order valence-corrected chi connectivity index (χ1v) is 19.6. The number of esters is 1. The van der Waals surface area contributed by atoms with E-state index >= 15 is 0 Å². The average molecular weight is 635 g/mol. The van der Waals surface area contributed by atoms with Crippen LogP contribution >= 0.6 is 23.5 Å². The minimum atomic E-state index is -2.13. The lowest BCUT2D eigenvalue weighted by Crippen LogP contribution is -2.51. The van der Waals surface area contributed by atoms with E-state index < -0.39 is 26.5 Å². The fourth-order valence-electron chi connectivity index (χ4n) is 3.82. The Labute approximate surface area is 263 Å². The van der Waals surface area contributed by atoms with Crippen molar-refractivity contribution in [3.63, 3.8) is 0 Å². The molecule has 0 N–H and O–H groups in total. The van der Waals surface area contributed by atoms with Gasteiger partial charge in [0.2, 0.25) is 0 Å². The highest BCUT2D eigenvalue weighted by atomic mass is 32.2. The van der Waals surface area contributed by atoms with Crippen LogP contribution in [-0.4, -0.2) is 62.4 Å². The Morgan fingerprint density at radius 3 is 1.81 bits per heavy atom. The van der Waals surface area contributed by atoms with Crippen molar-refractivity contribution in [1.82, 2.24) is 0 Å². The monoisotopic (exact) mass is 634 g/mol. The van der Waals surface area contributed by atoms with Gasteiger partial charge in [0.15, 0.2) is 8.32 Å². The van der Waals surface area contributed by atoms with Crippen LogP contribution in [0.4, 0.5) is 0 Å². The van der Waals surface area contributed by atoms with Gasteiger partial charge < -0.3 is 23.4 Å². The van der Waals surface area contributed by atoms with Crippen molar-refractivity contribution >= 4 is 37.8 Å². The van der Waals surface area contributed by atoms with E-state index in [-0.39, 0.29) is 15.7 Å². The summed E-state index contributed by atoms with van der Waals surface area (Å²) in [6.45, 7) is 16.5. The molecule has 0 bridgehead atoms. The first kappa shape index (κ1) is 36.4.